The lowest BCUT2D eigenvalue weighted by molar-refractivity contribution is 0.00205. The van der Waals surface area contributed by atoms with Gasteiger partial charge in [-0.15, -0.1) is 11.8 Å². The van der Waals surface area contributed by atoms with Gasteiger partial charge in [0.25, 0.3) is 0 Å². The second kappa shape index (κ2) is 68.7. The van der Waals surface area contributed by atoms with Crippen molar-refractivity contribution in [1.82, 2.24) is 24.5 Å². The Morgan fingerprint density at radius 2 is 0.772 bits per heavy atom. The molecule has 0 bridgehead atoms. The second-order valence-electron chi connectivity index (χ2n) is 39.5. The van der Waals surface area contributed by atoms with Crippen LogP contribution in [0.25, 0.3) is 0 Å². The molecule has 14 N–H and O–H groups in total. The largest absolute Gasteiger partial charge is 0.392 e. The van der Waals surface area contributed by atoms with Crippen LogP contribution < -0.4 is 0 Å². The standard InChI is InChI=1S/C18H23NO.C16H19NO.C16H18O2.C14H14O2.C13H21NOS.C13H19NO.C11H17NO.C10H18O2.C9H12O2.C6H10O4/c1-14(2)19(3)17(15-10-6-4-7-11-15)18(20)16-12-8-5-9-13-16;1-17(12-14-8-4-2-5-9-14)13-16(18)15-10-6-3-7-11-15;1-11-7-3-5-9-13(11)15(17)16(18)14-10-6-4-8-12(14)2;15-13(11-7-3-1-4-8-11)14(16)12-9-5-2-6-10-12;1-5-12(14(2)3)13(15)10-6-8-11(16-4)9-7-10;1-11(14-9-5-6-10-14)13(15)12-7-3-2-4-8-12;1-9(12(2)3)11(13)10-7-5-4-6-8-10;1-7-3-4-9(8(2)6-11)10(12)5-7;1-11-7-9(10)8-5-3-2-4-6-8;7-3-1-9-6-4(8)2-10-5(3)6/h4-14,17-18,20H,1-3H3;2-11,16,18H,12-13H2,1H3;3-10,15-18H,1-2H3;1-10,13-16H;6-9,12-13,15H,5H2,1-4H3;2-4,7-8,11,13,15H,5-6,9-10H2,1H3;4-9,11,13H,1-3H3;7,9-12H,2-6H2,1H3;2-6,9-10H,7H2,1H3;3-8H,1-2H2/t17-,18+;16-;15-,16-;13-,14-;12-,13-;11-,13-;9-,11-;7-,9+,10-;9-;3-,4-,5-,6-/m1000001101/s1. The quantitative estimate of drug-likeness (QED) is 0.0138. The molecule has 12 aromatic carbocycles. The zero-order valence-corrected chi connectivity index (χ0v) is 91.2. The molecule has 1 aliphatic carbocycles. The SMILES string of the molecule is C=C(CO)[C@@H]1CC[C@@H](C)C[C@H]1O.CC(C)N(C)[C@H](c1ccccc1)[C@@H](O)c1ccccc1.CC[C@@H]([C@@H](O)c1ccc(SC)cc1)N(C)C.CN(Cc1ccccc1)C[C@H](O)c1ccccc1.COC[C@H](O)c1ccccc1.C[C@@H]([C@H](O)c1ccccc1)N1CCCC1.C[C@H]([C@@H](O)c1ccccc1)N(C)C.Cc1ccccc1[C@H](O)[C@@H](O)c1ccccc1C.O[C@@H](c1ccccc1)[C@@H](O)c1ccccc1.O[C@@H]1CO[C@H]2[C@@H]1OC[C@H]2O. The van der Waals surface area contributed by atoms with Crippen molar-refractivity contribution >= 4 is 11.8 Å². The highest BCUT2D eigenvalue weighted by molar-refractivity contribution is 7.98. The van der Waals surface area contributed by atoms with Crippen LogP contribution in [0.15, 0.2) is 363 Å². The summed E-state index contributed by atoms with van der Waals surface area (Å²) in [4.78, 5) is 12.0. The first-order valence-corrected chi connectivity index (χ1v) is 53.3. The molecule has 149 heavy (non-hydrogen) atoms. The Kier molecular flexibility index (Phi) is 58.0. The van der Waals surface area contributed by atoms with E-state index in [1.54, 1.807) is 43.1 Å². The van der Waals surface area contributed by atoms with Gasteiger partial charge in [-0.05, 0) is 243 Å². The maximum Gasteiger partial charge on any atom is 0.114 e. The van der Waals surface area contributed by atoms with Crippen molar-refractivity contribution in [3.05, 3.63) is 436 Å². The van der Waals surface area contributed by atoms with Crippen LogP contribution in [0.3, 0.4) is 0 Å². The van der Waals surface area contributed by atoms with Gasteiger partial charge in [-0.2, -0.15) is 0 Å². The first kappa shape index (κ1) is 126. The number of methoxy groups -OCH3 is 1. The van der Waals surface area contributed by atoms with Crippen LogP contribution in [0.1, 0.15) is 225 Å². The van der Waals surface area contributed by atoms with E-state index >= 15 is 0 Å². The van der Waals surface area contributed by atoms with Crippen LogP contribution in [0.2, 0.25) is 0 Å². The van der Waals surface area contributed by atoms with Crippen molar-refractivity contribution in [3.8, 4) is 0 Å². The normalized spacial score (nSPS) is 19.4. The highest BCUT2D eigenvalue weighted by atomic mass is 32.2. The van der Waals surface area contributed by atoms with E-state index in [4.69, 9.17) is 29.5 Å². The van der Waals surface area contributed by atoms with Gasteiger partial charge in [0.2, 0.25) is 0 Å². The number of nitrogens with zero attached hydrogens (tertiary/aromatic N) is 5. The van der Waals surface area contributed by atoms with Crippen molar-refractivity contribution in [2.75, 3.05) is 102 Å². The maximum atomic E-state index is 10.8. The van der Waals surface area contributed by atoms with E-state index in [0.717, 1.165) is 123 Å². The third-order valence-electron chi connectivity index (χ3n) is 27.6. The Morgan fingerprint density at radius 3 is 1.13 bits per heavy atom. The van der Waals surface area contributed by atoms with E-state index in [1.165, 1.54) is 23.3 Å². The van der Waals surface area contributed by atoms with Crippen molar-refractivity contribution in [3.63, 3.8) is 0 Å². The van der Waals surface area contributed by atoms with Gasteiger partial charge < -0.3 is 95.5 Å². The van der Waals surface area contributed by atoms with Gasteiger partial charge in [-0.3, -0.25) is 14.7 Å². The number of ether oxygens (including phenoxy) is 3. The van der Waals surface area contributed by atoms with Gasteiger partial charge in [-0.1, -0.05) is 354 Å². The van der Waals surface area contributed by atoms with Crippen LogP contribution in [-0.2, 0) is 20.8 Å². The number of aliphatic hydroxyl groups is 14. The molecule has 808 valence electrons. The lowest BCUT2D eigenvalue weighted by Gasteiger charge is -2.35. The molecule has 22 nitrogen and oxygen atoms in total. The molecule has 1 saturated carbocycles. The predicted molar refractivity (Wildman–Crippen MR) is 603 cm³/mol. The molecule has 12 aromatic rings. The topological polar surface area (TPSA) is 327 Å². The summed E-state index contributed by atoms with van der Waals surface area (Å²) in [6.45, 7) is 25.0. The summed E-state index contributed by atoms with van der Waals surface area (Å²) in [7, 11) is 13.6. The van der Waals surface area contributed by atoms with Crippen LogP contribution in [-0.4, -0.2) is 252 Å². The van der Waals surface area contributed by atoms with Crippen LogP contribution in [0.5, 0.6) is 0 Å². The van der Waals surface area contributed by atoms with Crippen LogP contribution >= 0.6 is 11.8 Å². The molecule has 16 rings (SSSR count). The van der Waals surface area contributed by atoms with E-state index in [0.29, 0.717) is 25.1 Å². The van der Waals surface area contributed by atoms with E-state index in [1.807, 2.05) is 346 Å². The molecule has 3 saturated heterocycles. The number of benzene rings is 12. The summed E-state index contributed by atoms with van der Waals surface area (Å²) < 4.78 is 15.0. The molecule has 0 aromatic heterocycles. The summed E-state index contributed by atoms with van der Waals surface area (Å²) in [5.74, 6) is 0.744. The Labute approximate surface area is 892 Å². The zero-order valence-electron chi connectivity index (χ0n) is 90.3. The summed E-state index contributed by atoms with van der Waals surface area (Å²) >= 11 is 1.72. The minimum atomic E-state index is -0.896. The fourth-order valence-corrected chi connectivity index (χ4v) is 18.4. The van der Waals surface area contributed by atoms with Gasteiger partial charge in [0.15, 0.2) is 0 Å². The van der Waals surface area contributed by atoms with E-state index in [9.17, 15) is 56.2 Å². The van der Waals surface area contributed by atoms with E-state index in [2.05, 4.69) is 110 Å². The number of aliphatic hydroxyl groups excluding tert-OH is 14. The van der Waals surface area contributed by atoms with Gasteiger partial charge >= 0.3 is 0 Å². The average molecular weight is 2060 g/mol. The first-order valence-electron chi connectivity index (χ1n) is 52.1. The third kappa shape index (κ3) is 42.4. The summed E-state index contributed by atoms with van der Waals surface area (Å²) in [6, 6.07) is 112. The highest BCUT2D eigenvalue weighted by Gasteiger charge is 2.46. The average Bonchev–Trinajstić information content (AvgIpc) is 1.75. The molecule has 4 fully saturated rings. The minimum Gasteiger partial charge on any atom is -0.392 e. The molecule has 0 unspecified atom stereocenters. The Morgan fingerprint density at radius 1 is 0.416 bits per heavy atom. The number of likely N-dealkylation sites (N-methyl/N-ethyl adjacent to an activating group) is 4. The molecule has 0 radical (unpaired) electrons. The number of hydrogen-bond donors (Lipinski definition) is 14. The van der Waals surface area contributed by atoms with Crippen molar-refractivity contribution < 1.29 is 85.7 Å². The monoisotopic (exact) mass is 2060 g/mol. The molecule has 21 atom stereocenters. The van der Waals surface area contributed by atoms with Gasteiger partial charge in [0, 0.05) is 55.2 Å². The molecule has 3 aliphatic heterocycles. The van der Waals surface area contributed by atoms with Gasteiger partial charge in [0.1, 0.15) is 54.9 Å². The number of aryl methyl sites for hydroxylation is 2. The predicted octanol–water partition coefficient (Wildman–Crippen LogP) is 20.0. The number of likely N-dealkylation sites (tertiary alicyclic amines) is 1. The lowest BCUT2D eigenvalue weighted by atomic mass is 9.77. The third-order valence-corrected chi connectivity index (χ3v) is 28.4. The van der Waals surface area contributed by atoms with Crippen LogP contribution in [0, 0.1) is 25.7 Å². The molecule has 23 heteroatoms. The first-order chi connectivity index (χ1) is 71.5. The lowest BCUT2D eigenvalue weighted by Crippen LogP contribution is -2.35. The summed E-state index contributed by atoms with van der Waals surface area (Å²) in [5.41, 5.74) is 14.0. The molecule has 3 heterocycles. The minimum absolute atomic E-state index is 0.0100. The fourth-order valence-electron chi connectivity index (χ4n) is 18.0. The highest BCUT2D eigenvalue weighted by Crippen LogP contribution is 2.38. The zero-order chi connectivity index (χ0) is 109. The van der Waals surface area contributed by atoms with Crippen molar-refractivity contribution in [2.45, 2.75) is 227 Å². The van der Waals surface area contributed by atoms with Crippen molar-refractivity contribution in [2.24, 2.45) is 11.8 Å². The number of hydrogen-bond acceptors (Lipinski definition) is 23. The Bertz CT molecular complexity index is 5370. The van der Waals surface area contributed by atoms with Crippen molar-refractivity contribution in [1.29, 1.82) is 0 Å². The molecule has 4 aliphatic rings. The van der Waals surface area contributed by atoms with E-state index in [-0.39, 0.29) is 74.3 Å². The maximum absolute atomic E-state index is 10.8. The number of fused-ring (bicyclic) bond motifs is 1. The fraction of sp³-hybridized carbons (Fsp3) is 0.413. The molecule has 0 amide bonds. The summed E-state index contributed by atoms with van der Waals surface area (Å²) in [6.07, 6.45) is 0.320. The van der Waals surface area contributed by atoms with E-state index < -0.39 is 67.1 Å². The molecular weight excluding hydrogens is 1890 g/mol. The number of rotatable bonds is 32. The summed E-state index contributed by atoms with van der Waals surface area (Å²) in [5, 5.41) is 138. The van der Waals surface area contributed by atoms with Gasteiger partial charge in [-0.25, -0.2) is 0 Å². The Hall–Kier alpha value is -10.2. The Balaban J connectivity index is 0.000000225. The molecular formula is C126H171N5O17S. The smallest absolute Gasteiger partial charge is 0.114 e. The second-order valence-corrected chi connectivity index (χ2v) is 40.3. The molecule has 0 spiro atoms. The number of thioether (sulfide) groups is 1. The van der Waals surface area contributed by atoms with Gasteiger partial charge in [0.05, 0.1) is 69.1 Å². The van der Waals surface area contributed by atoms with Crippen LogP contribution in [0.4, 0.5) is 0 Å².